The Morgan fingerprint density at radius 2 is 2.17 bits per heavy atom. The number of nitrogens with zero attached hydrogens (tertiary/aromatic N) is 5. The number of amides is 1. The Labute approximate surface area is 133 Å². The molecule has 8 nitrogen and oxygen atoms in total. The van der Waals surface area contributed by atoms with Crippen molar-refractivity contribution in [3.8, 4) is 0 Å². The first-order valence-corrected chi connectivity index (χ1v) is 7.63. The Kier molecular flexibility index (Phi) is 3.97. The zero-order valence-corrected chi connectivity index (χ0v) is 13.2. The van der Waals surface area contributed by atoms with E-state index in [0.29, 0.717) is 38.1 Å². The van der Waals surface area contributed by atoms with Gasteiger partial charge in [0.15, 0.2) is 0 Å². The van der Waals surface area contributed by atoms with Gasteiger partial charge >= 0.3 is 5.97 Å². The van der Waals surface area contributed by atoms with Crippen LogP contribution in [0, 0.1) is 19.8 Å². The van der Waals surface area contributed by atoms with E-state index in [1.807, 2.05) is 13.8 Å². The average molecular weight is 317 g/mol. The predicted octanol–water partition coefficient (Wildman–Crippen LogP) is 0.607. The van der Waals surface area contributed by atoms with Crippen molar-refractivity contribution in [2.24, 2.45) is 5.92 Å². The standard InChI is InChI=1S/C15H19N5O3/c1-9-12(10(2)20-15(18-9)16-8-17-20)3-4-13(21)19-6-5-11(7-19)14(22)23/h8,11H,3-7H2,1-2H3,(H,22,23). The third kappa shape index (κ3) is 2.88. The molecule has 3 rings (SSSR count). The second kappa shape index (κ2) is 5.94. The molecule has 1 N–H and O–H groups in total. The fourth-order valence-corrected chi connectivity index (χ4v) is 3.10. The van der Waals surface area contributed by atoms with Crippen LogP contribution in [0.4, 0.5) is 0 Å². The Morgan fingerprint density at radius 3 is 2.87 bits per heavy atom. The second-order valence-corrected chi connectivity index (χ2v) is 5.90. The molecule has 23 heavy (non-hydrogen) atoms. The van der Waals surface area contributed by atoms with Crippen molar-refractivity contribution in [2.75, 3.05) is 13.1 Å². The lowest BCUT2D eigenvalue weighted by Crippen LogP contribution is -2.30. The summed E-state index contributed by atoms with van der Waals surface area (Å²) in [5, 5.41) is 13.1. The first-order chi connectivity index (χ1) is 11.0. The molecule has 122 valence electrons. The van der Waals surface area contributed by atoms with Crippen molar-refractivity contribution in [2.45, 2.75) is 33.1 Å². The summed E-state index contributed by atoms with van der Waals surface area (Å²) >= 11 is 0. The van der Waals surface area contributed by atoms with Gasteiger partial charge in [-0.2, -0.15) is 10.1 Å². The van der Waals surface area contributed by atoms with E-state index in [-0.39, 0.29) is 5.91 Å². The number of carboxylic acids is 1. The van der Waals surface area contributed by atoms with Gasteiger partial charge in [0.25, 0.3) is 5.78 Å². The highest BCUT2D eigenvalue weighted by Gasteiger charge is 2.30. The van der Waals surface area contributed by atoms with Gasteiger partial charge in [-0.1, -0.05) is 0 Å². The number of carboxylic acid groups (broad SMARTS) is 1. The number of carbonyl (C=O) groups is 2. The third-order valence-electron chi connectivity index (χ3n) is 4.47. The lowest BCUT2D eigenvalue weighted by Gasteiger charge is -2.16. The molecule has 0 radical (unpaired) electrons. The molecule has 1 fully saturated rings. The first-order valence-electron chi connectivity index (χ1n) is 7.63. The molecule has 0 aromatic carbocycles. The minimum absolute atomic E-state index is 0.00811. The van der Waals surface area contributed by atoms with Crippen molar-refractivity contribution < 1.29 is 14.7 Å². The lowest BCUT2D eigenvalue weighted by molar-refractivity contribution is -0.141. The second-order valence-electron chi connectivity index (χ2n) is 5.90. The summed E-state index contributed by atoms with van der Waals surface area (Å²) in [6.45, 7) is 4.67. The van der Waals surface area contributed by atoms with Gasteiger partial charge in [0, 0.05) is 30.9 Å². The number of aromatic nitrogens is 4. The lowest BCUT2D eigenvalue weighted by atomic mass is 10.1. The number of aliphatic carboxylic acids is 1. The summed E-state index contributed by atoms with van der Waals surface area (Å²) in [6.07, 6.45) is 2.90. The van der Waals surface area contributed by atoms with Crippen molar-refractivity contribution >= 4 is 17.7 Å². The van der Waals surface area contributed by atoms with Gasteiger partial charge in [0.05, 0.1) is 5.92 Å². The molecule has 2 aromatic rings. The summed E-state index contributed by atoms with van der Waals surface area (Å²) in [6, 6.07) is 0. The average Bonchev–Trinajstić information content (AvgIpc) is 3.15. The van der Waals surface area contributed by atoms with Crippen LogP contribution in [-0.2, 0) is 16.0 Å². The quantitative estimate of drug-likeness (QED) is 0.886. The number of rotatable bonds is 4. The molecule has 3 heterocycles. The maximum Gasteiger partial charge on any atom is 0.308 e. The zero-order chi connectivity index (χ0) is 16.6. The number of carbonyl (C=O) groups excluding carboxylic acids is 1. The Balaban J connectivity index is 1.69. The number of fused-ring (bicyclic) bond motifs is 1. The van der Waals surface area contributed by atoms with Gasteiger partial charge in [-0.3, -0.25) is 9.59 Å². The van der Waals surface area contributed by atoms with E-state index in [4.69, 9.17) is 5.11 Å². The van der Waals surface area contributed by atoms with Crippen LogP contribution in [-0.4, -0.2) is 54.6 Å². The maximum absolute atomic E-state index is 12.3. The summed E-state index contributed by atoms with van der Waals surface area (Å²) in [4.78, 5) is 33.4. The van der Waals surface area contributed by atoms with E-state index in [1.54, 1.807) is 9.42 Å². The van der Waals surface area contributed by atoms with Gasteiger partial charge in [0.1, 0.15) is 6.33 Å². The number of aryl methyl sites for hydroxylation is 2. The van der Waals surface area contributed by atoms with Crippen LogP contribution in [0.1, 0.15) is 29.8 Å². The van der Waals surface area contributed by atoms with E-state index in [0.717, 1.165) is 17.0 Å². The fraction of sp³-hybridized carbons (Fsp3) is 0.533. The Hall–Kier alpha value is -2.51. The molecule has 8 heteroatoms. The van der Waals surface area contributed by atoms with Gasteiger partial charge in [-0.25, -0.2) is 9.50 Å². The molecule has 1 atom stereocenters. The van der Waals surface area contributed by atoms with Crippen LogP contribution in [0.2, 0.25) is 0 Å². The molecule has 0 spiro atoms. The third-order valence-corrected chi connectivity index (χ3v) is 4.47. The van der Waals surface area contributed by atoms with Gasteiger partial charge in [-0.05, 0) is 32.3 Å². The topological polar surface area (TPSA) is 101 Å². The highest BCUT2D eigenvalue weighted by molar-refractivity contribution is 5.79. The Morgan fingerprint density at radius 1 is 1.39 bits per heavy atom. The number of likely N-dealkylation sites (tertiary alicyclic amines) is 1. The highest BCUT2D eigenvalue weighted by Crippen LogP contribution is 2.19. The summed E-state index contributed by atoms with van der Waals surface area (Å²) in [5.41, 5.74) is 2.77. The maximum atomic E-state index is 12.3. The number of hydrogen-bond acceptors (Lipinski definition) is 5. The molecule has 1 saturated heterocycles. The van der Waals surface area contributed by atoms with Crippen LogP contribution in [0.15, 0.2) is 6.33 Å². The van der Waals surface area contributed by atoms with Crippen molar-refractivity contribution in [3.63, 3.8) is 0 Å². The largest absolute Gasteiger partial charge is 0.481 e. The zero-order valence-electron chi connectivity index (χ0n) is 13.2. The van der Waals surface area contributed by atoms with Gasteiger partial charge in [0.2, 0.25) is 5.91 Å². The first kappa shape index (κ1) is 15.4. The van der Waals surface area contributed by atoms with Crippen molar-refractivity contribution in [1.82, 2.24) is 24.5 Å². The minimum Gasteiger partial charge on any atom is -0.481 e. The normalized spacial score (nSPS) is 17.8. The molecule has 1 aliphatic rings. The number of hydrogen-bond donors (Lipinski definition) is 1. The summed E-state index contributed by atoms with van der Waals surface area (Å²) < 4.78 is 1.67. The molecule has 1 amide bonds. The van der Waals surface area contributed by atoms with Gasteiger partial charge < -0.3 is 10.0 Å². The molecule has 0 saturated carbocycles. The SMILES string of the molecule is Cc1nc2ncnn2c(C)c1CCC(=O)N1CCC(C(=O)O)C1. The van der Waals surface area contributed by atoms with E-state index >= 15 is 0 Å². The summed E-state index contributed by atoms with van der Waals surface area (Å²) in [7, 11) is 0. The van der Waals surface area contributed by atoms with Crippen molar-refractivity contribution in [1.29, 1.82) is 0 Å². The Bertz CT molecular complexity index is 770. The molecular weight excluding hydrogens is 298 g/mol. The van der Waals surface area contributed by atoms with Crippen LogP contribution in [0.25, 0.3) is 5.78 Å². The molecule has 1 aliphatic heterocycles. The minimum atomic E-state index is -0.826. The fourth-order valence-electron chi connectivity index (χ4n) is 3.10. The monoisotopic (exact) mass is 317 g/mol. The van der Waals surface area contributed by atoms with E-state index in [1.165, 1.54) is 6.33 Å². The van der Waals surface area contributed by atoms with Gasteiger partial charge in [-0.15, -0.1) is 0 Å². The van der Waals surface area contributed by atoms with Crippen molar-refractivity contribution in [3.05, 3.63) is 23.3 Å². The molecular formula is C15H19N5O3. The smallest absolute Gasteiger partial charge is 0.308 e. The molecule has 0 bridgehead atoms. The highest BCUT2D eigenvalue weighted by atomic mass is 16.4. The van der Waals surface area contributed by atoms with E-state index in [9.17, 15) is 9.59 Å². The molecule has 0 aliphatic carbocycles. The van der Waals surface area contributed by atoms with Crippen LogP contribution < -0.4 is 0 Å². The van der Waals surface area contributed by atoms with Crippen LogP contribution >= 0.6 is 0 Å². The van der Waals surface area contributed by atoms with E-state index < -0.39 is 11.9 Å². The molecule has 2 aromatic heterocycles. The van der Waals surface area contributed by atoms with Crippen LogP contribution in [0.5, 0.6) is 0 Å². The van der Waals surface area contributed by atoms with Crippen LogP contribution in [0.3, 0.4) is 0 Å². The van der Waals surface area contributed by atoms with E-state index in [2.05, 4.69) is 15.1 Å². The summed E-state index contributed by atoms with van der Waals surface area (Å²) in [5.74, 6) is -0.714. The predicted molar refractivity (Wildman–Crippen MR) is 80.9 cm³/mol. The molecule has 1 unspecified atom stereocenters.